The number of rotatable bonds is 5. The molecule has 0 spiro atoms. The molecule has 1 aliphatic carbocycles. The molecule has 1 aromatic carbocycles. The zero-order chi connectivity index (χ0) is 15.1. The summed E-state index contributed by atoms with van der Waals surface area (Å²) in [6, 6.07) is 7.27. The Labute approximate surface area is 125 Å². The number of aliphatic hydroxyl groups excluding tert-OH is 1. The first-order valence-electron chi connectivity index (χ1n) is 7.54. The van der Waals surface area contributed by atoms with Crippen LogP contribution in [0.2, 0.25) is 0 Å². The summed E-state index contributed by atoms with van der Waals surface area (Å²) in [4.78, 5) is 12.0. The molecule has 21 heavy (non-hydrogen) atoms. The fraction of sp³-hybridized carbons (Fsp3) is 0.562. The first kappa shape index (κ1) is 15.8. The van der Waals surface area contributed by atoms with E-state index in [9.17, 15) is 9.90 Å². The Hall–Kier alpha value is -1.59. The zero-order valence-corrected chi connectivity index (χ0v) is 12.5. The molecule has 3 N–H and O–H groups in total. The second-order valence-corrected chi connectivity index (χ2v) is 5.47. The summed E-state index contributed by atoms with van der Waals surface area (Å²) >= 11 is 0. The Morgan fingerprint density at radius 2 is 2.14 bits per heavy atom. The summed E-state index contributed by atoms with van der Waals surface area (Å²) in [6.07, 6.45) is 4.72. The monoisotopic (exact) mass is 292 g/mol. The zero-order valence-electron chi connectivity index (χ0n) is 12.5. The molecule has 2 atom stereocenters. The number of amides is 1. The summed E-state index contributed by atoms with van der Waals surface area (Å²) in [7, 11) is 1.59. The highest BCUT2D eigenvalue weighted by Crippen LogP contribution is 2.18. The van der Waals surface area contributed by atoms with Crippen molar-refractivity contribution in [3.05, 3.63) is 24.3 Å². The summed E-state index contributed by atoms with van der Waals surface area (Å²) in [5.41, 5.74) is 0.711. The molecule has 2 rings (SSSR count). The summed E-state index contributed by atoms with van der Waals surface area (Å²) < 4.78 is 5.12. The number of hydrogen-bond acceptors (Lipinski definition) is 4. The van der Waals surface area contributed by atoms with Crippen molar-refractivity contribution < 1.29 is 14.6 Å². The average molecular weight is 292 g/mol. The van der Waals surface area contributed by atoms with Crippen molar-refractivity contribution in [3.8, 4) is 5.75 Å². The third kappa shape index (κ3) is 5.02. The first-order chi connectivity index (χ1) is 10.2. The van der Waals surface area contributed by atoms with Gasteiger partial charge in [-0.25, -0.2) is 0 Å². The van der Waals surface area contributed by atoms with E-state index in [0.717, 1.165) is 32.1 Å². The van der Waals surface area contributed by atoms with Gasteiger partial charge in [-0.3, -0.25) is 4.79 Å². The quantitative estimate of drug-likeness (QED) is 0.725. The molecule has 5 nitrogen and oxygen atoms in total. The molecule has 1 aliphatic rings. The lowest BCUT2D eigenvalue weighted by molar-refractivity contribution is -0.115. The van der Waals surface area contributed by atoms with Crippen LogP contribution in [0.3, 0.4) is 0 Å². The molecule has 0 saturated heterocycles. The molecule has 0 heterocycles. The van der Waals surface area contributed by atoms with Crippen molar-refractivity contribution in [2.75, 3.05) is 19.0 Å². The number of ether oxygens (including phenoxy) is 1. The maximum Gasteiger partial charge on any atom is 0.238 e. The van der Waals surface area contributed by atoms with E-state index >= 15 is 0 Å². The second kappa shape index (κ2) is 8.00. The number of benzene rings is 1. The Kier molecular flexibility index (Phi) is 6.02. The average Bonchev–Trinajstić information content (AvgIpc) is 2.70. The van der Waals surface area contributed by atoms with Crippen LogP contribution in [0.15, 0.2) is 24.3 Å². The number of anilines is 1. The molecule has 1 amide bonds. The highest BCUT2D eigenvalue weighted by Gasteiger charge is 2.21. The number of aliphatic hydroxyl groups is 1. The minimum absolute atomic E-state index is 0.0172. The third-order valence-corrected chi connectivity index (χ3v) is 3.86. The van der Waals surface area contributed by atoms with E-state index in [4.69, 9.17) is 4.74 Å². The van der Waals surface area contributed by atoms with Gasteiger partial charge in [0.05, 0.1) is 19.8 Å². The summed E-state index contributed by atoms with van der Waals surface area (Å²) in [6.45, 7) is 0.207. The van der Waals surface area contributed by atoms with E-state index < -0.39 is 0 Å². The van der Waals surface area contributed by atoms with Crippen molar-refractivity contribution in [3.63, 3.8) is 0 Å². The van der Waals surface area contributed by atoms with E-state index in [2.05, 4.69) is 10.6 Å². The highest BCUT2D eigenvalue weighted by atomic mass is 16.5. The van der Waals surface area contributed by atoms with Gasteiger partial charge in [-0.2, -0.15) is 0 Å². The van der Waals surface area contributed by atoms with Gasteiger partial charge in [0.25, 0.3) is 0 Å². The SMILES string of the molecule is COc1cccc(NC(=O)CNC2CCCCCC2O)c1. The number of carbonyl (C=O) groups excluding carboxylic acids is 1. The molecule has 1 aromatic rings. The molecule has 0 aromatic heterocycles. The fourth-order valence-corrected chi connectivity index (χ4v) is 2.66. The van der Waals surface area contributed by atoms with Gasteiger partial charge in [0, 0.05) is 17.8 Å². The van der Waals surface area contributed by atoms with Crippen LogP contribution in [0.1, 0.15) is 32.1 Å². The molecule has 1 saturated carbocycles. The van der Waals surface area contributed by atoms with E-state index in [-0.39, 0.29) is 24.6 Å². The van der Waals surface area contributed by atoms with Gasteiger partial charge in [0.15, 0.2) is 0 Å². The van der Waals surface area contributed by atoms with Crippen LogP contribution in [0.25, 0.3) is 0 Å². The predicted molar refractivity (Wildman–Crippen MR) is 82.5 cm³/mol. The van der Waals surface area contributed by atoms with E-state index in [1.807, 2.05) is 18.2 Å². The number of nitrogens with one attached hydrogen (secondary N) is 2. The van der Waals surface area contributed by atoms with Gasteiger partial charge in [-0.05, 0) is 25.0 Å². The van der Waals surface area contributed by atoms with Crippen LogP contribution in [-0.2, 0) is 4.79 Å². The van der Waals surface area contributed by atoms with E-state index in [1.54, 1.807) is 13.2 Å². The summed E-state index contributed by atoms with van der Waals surface area (Å²) in [5.74, 6) is 0.597. The number of hydrogen-bond donors (Lipinski definition) is 3. The smallest absolute Gasteiger partial charge is 0.238 e. The molecule has 116 valence electrons. The molecular formula is C16H24N2O3. The third-order valence-electron chi connectivity index (χ3n) is 3.86. The number of methoxy groups -OCH3 is 1. The van der Waals surface area contributed by atoms with Crippen molar-refractivity contribution >= 4 is 11.6 Å². The lowest BCUT2D eigenvalue weighted by atomic mass is 10.1. The van der Waals surface area contributed by atoms with Gasteiger partial charge >= 0.3 is 0 Å². The largest absolute Gasteiger partial charge is 0.497 e. The van der Waals surface area contributed by atoms with Crippen LogP contribution in [-0.4, -0.2) is 36.8 Å². The van der Waals surface area contributed by atoms with Crippen molar-refractivity contribution in [1.29, 1.82) is 0 Å². The standard InChI is InChI=1S/C16H24N2O3/c1-21-13-7-5-6-12(10-13)18-16(20)11-17-14-8-3-2-4-9-15(14)19/h5-7,10,14-15,17,19H,2-4,8-9,11H2,1H3,(H,18,20). The molecule has 0 bridgehead atoms. The van der Waals surface area contributed by atoms with Crippen molar-refractivity contribution in [2.24, 2.45) is 0 Å². The molecular weight excluding hydrogens is 268 g/mol. The van der Waals surface area contributed by atoms with Gasteiger partial charge in [0.1, 0.15) is 5.75 Å². The van der Waals surface area contributed by atoms with Crippen molar-refractivity contribution in [2.45, 2.75) is 44.2 Å². The Morgan fingerprint density at radius 3 is 2.95 bits per heavy atom. The lowest BCUT2D eigenvalue weighted by Crippen LogP contribution is -2.42. The number of carbonyl (C=O) groups is 1. The van der Waals surface area contributed by atoms with E-state index in [1.165, 1.54) is 0 Å². The minimum atomic E-state index is -0.350. The first-order valence-corrected chi connectivity index (χ1v) is 7.54. The Morgan fingerprint density at radius 1 is 1.33 bits per heavy atom. The fourth-order valence-electron chi connectivity index (χ4n) is 2.66. The van der Waals surface area contributed by atoms with Crippen LogP contribution in [0, 0.1) is 0 Å². The van der Waals surface area contributed by atoms with Crippen LogP contribution in [0.4, 0.5) is 5.69 Å². The van der Waals surface area contributed by atoms with Crippen LogP contribution >= 0.6 is 0 Å². The van der Waals surface area contributed by atoms with Gasteiger partial charge < -0.3 is 20.5 Å². The van der Waals surface area contributed by atoms with E-state index in [0.29, 0.717) is 11.4 Å². The molecule has 5 heteroatoms. The molecule has 0 radical (unpaired) electrons. The molecule has 0 aliphatic heterocycles. The van der Waals surface area contributed by atoms with Crippen LogP contribution < -0.4 is 15.4 Å². The maximum absolute atomic E-state index is 12.0. The molecule has 2 unspecified atom stereocenters. The summed E-state index contributed by atoms with van der Waals surface area (Å²) in [5, 5.41) is 16.0. The van der Waals surface area contributed by atoms with Gasteiger partial charge in [-0.15, -0.1) is 0 Å². The van der Waals surface area contributed by atoms with Gasteiger partial charge in [-0.1, -0.05) is 25.3 Å². The maximum atomic E-state index is 12.0. The van der Waals surface area contributed by atoms with Crippen molar-refractivity contribution in [1.82, 2.24) is 5.32 Å². The second-order valence-electron chi connectivity index (χ2n) is 5.47. The molecule has 1 fully saturated rings. The van der Waals surface area contributed by atoms with Crippen LogP contribution in [0.5, 0.6) is 5.75 Å². The highest BCUT2D eigenvalue weighted by molar-refractivity contribution is 5.92. The Bertz CT molecular complexity index is 465. The topological polar surface area (TPSA) is 70.6 Å². The van der Waals surface area contributed by atoms with Gasteiger partial charge in [0.2, 0.25) is 5.91 Å². The normalized spacial score (nSPS) is 22.4. The Balaban J connectivity index is 1.81. The lowest BCUT2D eigenvalue weighted by Gasteiger charge is -2.21. The predicted octanol–water partition coefficient (Wildman–Crippen LogP) is 1.92. The minimum Gasteiger partial charge on any atom is -0.497 e.